The first-order chi connectivity index (χ1) is 6.86. The molecule has 1 aliphatic rings. The minimum absolute atomic E-state index is 0.869. The summed E-state index contributed by atoms with van der Waals surface area (Å²) in [5, 5.41) is 0.869. The molecule has 1 heterocycles. The van der Waals surface area contributed by atoms with Gasteiger partial charge in [0, 0.05) is 13.1 Å². The molecular formula is C12H14ClN. The standard InChI is InChI=1S/C12H14ClN/c13-12(14-8-4-5-9-14)10-11-6-2-1-3-7-11/h1-3,6-7,10H,4-5,8-9H2/b12-10+. The lowest BCUT2D eigenvalue weighted by molar-refractivity contribution is 0.457. The van der Waals surface area contributed by atoms with Crippen molar-refractivity contribution in [2.24, 2.45) is 0 Å². The fourth-order valence-corrected chi connectivity index (χ4v) is 2.00. The molecule has 1 saturated heterocycles. The SMILES string of the molecule is Cl/C(=C\c1ccccc1)N1CCCC1. The molecule has 0 bridgehead atoms. The van der Waals surface area contributed by atoms with Crippen molar-refractivity contribution in [2.75, 3.05) is 13.1 Å². The van der Waals surface area contributed by atoms with Gasteiger partial charge >= 0.3 is 0 Å². The van der Waals surface area contributed by atoms with E-state index in [1.54, 1.807) is 0 Å². The molecule has 2 heteroatoms. The van der Waals surface area contributed by atoms with E-state index in [4.69, 9.17) is 11.6 Å². The second kappa shape index (κ2) is 4.52. The summed E-state index contributed by atoms with van der Waals surface area (Å²) in [5.41, 5.74) is 1.17. The lowest BCUT2D eigenvalue weighted by Gasteiger charge is -2.15. The maximum atomic E-state index is 6.21. The highest BCUT2D eigenvalue weighted by atomic mass is 35.5. The quantitative estimate of drug-likeness (QED) is 0.673. The van der Waals surface area contributed by atoms with Crippen LogP contribution in [0, 0.1) is 0 Å². The van der Waals surface area contributed by atoms with Crippen molar-refractivity contribution in [1.82, 2.24) is 4.90 Å². The van der Waals surface area contributed by atoms with Gasteiger partial charge in [0.15, 0.2) is 0 Å². The largest absolute Gasteiger partial charge is 0.362 e. The Morgan fingerprint density at radius 3 is 2.43 bits per heavy atom. The predicted molar refractivity (Wildman–Crippen MR) is 61.1 cm³/mol. The van der Waals surface area contributed by atoms with Gasteiger partial charge in [-0.2, -0.15) is 0 Å². The average molecular weight is 208 g/mol. The maximum absolute atomic E-state index is 6.21. The van der Waals surface area contributed by atoms with Gasteiger partial charge in [0.25, 0.3) is 0 Å². The Hall–Kier alpha value is -0.950. The second-order valence-corrected chi connectivity index (χ2v) is 3.96. The van der Waals surface area contributed by atoms with E-state index in [1.807, 2.05) is 24.3 Å². The Morgan fingerprint density at radius 1 is 1.14 bits per heavy atom. The molecule has 0 unspecified atom stereocenters. The van der Waals surface area contributed by atoms with E-state index in [-0.39, 0.29) is 0 Å². The summed E-state index contributed by atoms with van der Waals surface area (Å²) in [6, 6.07) is 10.2. The third-order valence-corrected chi connectivity index (χ3v) is 2.84. The molecule has 2 rings (SSSR count). The van der Waals surface area contributed by atoms with Crippen LogP contribution in [0.5, 0.6) is 0 Å². The van der Waals surface area contributed by atoms with E-state index in [0.717, 1.165) is 18.2 Å². The maximum Gasteiger partial charge on any atom is 0.105 e. The molecular weight excluding hydrogens is 194 g/mol. The molecule has 0 saturated carbocycles. The van der Waals surface area contributed by atoms with Crippen LogP contribution in [0.4, 0.5) is 0 Å². The summed E-state index contributed by atoms with van der Waals surface area (Å²) in [6.45, 7) is 2.20. The average Bonchev–Trinajstić information content (AvgIpc) is 2.72. The number of nitrogens with zero attached hydrogens (tertiary/aromatic N) is 1. The summed E-state index contributed by atoms with van der Waals surface area (Å²) < 4.78 is 0. The van der Waals surface area contributed by atoms with Gasteiger partial charge in [-0.25, -0.2) is 0 Å². The molecule has 0 aliphatic carbocycles. The number of benzene rings is 1. The highest BCUT2D eigenvalue weighted by Crippen LogP contribution is 2.20. The molecule has 14 heavy (non-hydrogen) atoms. The van der Waals surface area contributed by atoms with Crippen LogP contribution >= 0.6 is 11.6 Å². The molecule has 0 amide bonds. The van der Waals surface area contributed by atoms with Crippen molar-refractivity contribution < 1.29 is 0 Å². The predicted octanol–water partition coefficient (Wildman–Crippen LogP) is 3.32. The van der Waals surface area contributed by atoms with Crippen molar-refractivity contribution in [3.63, 3.8) is 0 Å². The molecule has 74 valence electrons. The summed E-state index contributed by atoms with van der Waals surface area (Å²) in [7, 11) is 0. The smallest absolute Gasteiger partial charge is 0.105 e. The molecule has 0 atom stereocenters. The number of hydrogen-bond acceptors (Lipinski definition) is 1. The van der Waals surface area contributed by atoms with E-state index in [1.165, 1.54) is 18.4 Å². The third kappa shape index (κ3) is 2.30. The minimum Gasteiger partial charge on any atom is -0.362 e. The topological polar surface area (TPSA) is 3.24 Å². The Bertz CT molecular complexity index is 312. The van der Waals surface area contributed by atoms with E-state index >= 15 is 0 Å². The molecule has 1 aliphatic heterocycles. The summed E-state index contributed by atoms with van der Waals surface area (Å²) in [4.78, 5) is 2.23. The van der Waals surface area contributed by atoms with Crippen LogP contribution in [-0.2, 0) is 0 Å². The van der Waals surface area contributed by atoms with Crippen LogP contribution in [-0.4, -0.2) is 18.0 Å². The van der Waals surface area contributed by atoms with E-state index in [2.05, 4.69) is 17.0 Å². The fourth-order valence-electron chi connectivity index (χ4n) is 1.71. The van der Waals surface area contributed by atoms with Crippen LogP contribution < -0.4 is 0 Å². The lowest BCUT2D eigenvalue weighted by Crippen LogP contribution is -2.14. The number of likely N-dealkylation sites (tertiary alicyclic amines) is 1. The molecule has 1 fully saturated rings. The van der Waals surface area contributed by atoms with Gasteiger partial charge in [0.1, 0.15) is 5.16 Å². The monoisotopic (exact) mass is 207 g/mol. The van der Waals surface area contributed by atoms with Gasteiger partial charge in [-0.15, -0.1) is 0 Å². The third-order valence-electron chi connectivity index (χ3n) is 2.49. The summed E-state index contributed by atoms with van der Waals surface area (Å²) >= 11 is 6.21. The zero-order chi connectivity index (χ0) is 9.80. The fraction of sp³-hybridized carbons (Fsp3) is 0.333. The van der Waals surface area contributed by atoms with Crippen molar-refractivity contribution in [3.8, 4) is 0 Å². The van der Waals surface area contributed by atoms with Crippen LogP contribution in [0.25, 0.3) is 6.08 Å². The summed E-state index contributed by atoms with van der Waals surface area (Å²) in [6.07, 6.45) is 4.56. The number of halogens is 1. The first kappa shape index (κ1) is 9.60. The number of rotatable bonds is 2. The zero-order valence-corrected chi connectivity index (χ0v) is 8.87. The number of hydrogen-bond donors (Lipinski definition) is 0. The molecule has 0 radical (unpaired) electrons. The molecule has 0 aromatic heterocycles. The van der Waals surface area contributed by atoms with Gasteiger partial charge in [0.2, 0.25) is 0 Å². The van der Waals surface area contributed by atoms with Crippen molar-refractivity contribution >= 4 is 17.7 Å². The van der Waals surface area contributed by atoms with Gasteiger partial charge in [-0.3, -0.25) is 0 Å². The van der Waals surface area contributed by atoms with E-state index in [9.17, 15) is 0 Å². The van der Waals surface area contributed by atoms with Crippen LogP contribution in [0.3, 0.4) is 0 Å². The molecule has 1 aromatic carbocycles. The summed E-state index contributed by atoms with van der Waals surface area (Å²) in [5.74, 6) is 0. The van der Waals surface area contributed by atoms with Crippen LogP contribution in [0.2, 0.25) is 0 Å². The normalized spacial score (nSPS) is 17.5. The Balaban J connectivity index is 2.10. The molecule has 1 nitrogen and oxygen atoms in total. The highest BCUT2D eigenvalue weighted by Gasteiger charge is 2.12. The second-order valence-electron chi connectivity index (χ2n) is 3.57. The molecule has 0 N–H and O–H groups in total. The lowest BCUT2D eigenvalue weighted by atomic mass is 10.2. The van der Waals surface area contributed by atoms with Crippen molar-refractivity contribution in [2.45, 2.75) is 12.8 Å². The highest BCUT2D eigenvalue weighted by molar-refractivity contribution is 6.31. The molecule has 1 aromatic rings. The minimum atomic E-state index is 0.869. The Labute approximate surface area is 90.0 Å². The van der Waals surface area contributed by atoms with Crippen molar-refractivity contribution in [3.05, 3.63) is 41.1 Å². The van der Waals surface area contributed by atoms with Crippen LogP contribution in [0.15, 0.2) is 35.5 Å². The molecule has 0 spiro atoms. The van der Waals surface area contributed by atoms with Crippen LogP contribution in [0.1, 0.15) is 18.4 Å². The first-order valence-corrected chi connectivity index (χ1v) is 5.41. The van der Waals surface area contributed by atoms with E-state index in [0.29, 0.717) is 0 Å². The Morgan fingerprint density at radius 2 is 1.79 bits per heavy atom. The Kier molecular flexibility index (Phi) is 3.10. The van der Waals surface area contributed by atoms with Gasteiger partial charge in [-0.1, -0.05) is 41.9 Å². The zero-order valence-electron chi connectivity index (χ0n) is 8.12. The van der Waals surface area contributed by atoms with Gasteiger partial charge in [0.05, 0.1) is 0 Å². The van der Waals surface area contributed by atoms with Gasteiger partial charge in [-0.05, 0) is 24.5 Å². The first-order valence-electron chi connectivity index (χ1n) is 5.03. The van der Waals surface area contributed by atoms with Gasteiger partial charge < -0.3 is 4.90 Å². The van der Waals surface area contributed by atoms with E-state index < -0.39 is 0 Å². The van der Waals surface area contributed by atoms with Crippen molar-refractivity contribution in [1.29, 1.82) is 0 Å².